The predicted octanol–water partition coefficient (Wildman–Crippen LogP) is 2.74. The molecule has 0 radical (unpaired) electrons. The molecule has 0 amide bonds. The summed E-state index contributed by atoms with van der Waals surface area (Å²) in [6, 6.07) is 10.0. The highest BCUT2D eigenvalue weighted by Crippen LogP contribution is 2.26. The lowest BCUT2D eigenvalue weighted by Gasteiger charge is -2.03. The van der Waals surface area contributed by atoms with E-state index in [1.807, 2.05) is 30.3 Å². The largest absolute Gasteiger partial charge is 0.357 e. The molecule has 1 aromatic carbocycles. The van der Waals surface area contributed by atoms with Crippen LogP contribution in [0.1, 0.15) is 16.0 Å². The van der Waals surface area contributed by atoms with Crippen molar-refractivity contribution in [1.29, 1.82) is 5.26 Å². The molecule has 0 saturated carbocycles. The fraction of sp³-hybridized carbons (Fsp3) is 0.167. The standard InChI is InChI=1S/C12H11ClN4S/c13-11-10(6-15)18-12(17-11)16-7-9-3-1-8(5-14)2-4-9/h1-4H,5,7,14H2,(H,16,17). The molecule has 0 saturated heterocycles. The number of nitrogens with zero attached hydrogens (tertiary/aromatic N) is 2. The van der Waals surface area contributed by atoms with Crippen LogP contribution in [0.5, 0.6) is 0 Å². The number of aromatic nitrogens is 1. The minimum absolute atomic E-state index is 0.253. The fourth-order valence-electron chi connectivity index (χ4n) is 1.42. The van der Waals surface area contributed by atoms with Crippen molar-refractivity contribution in [2.24, 2.45) is 5.73 Å². The molecule has 0 aliphatic carbocycles. The van der Waals surface area contributed by atoms with Crippen molar-refractivity contribution in [2.75, 3.05) is 5.32 Å². The van der Waals surface area contributed by atoms with E-state index in [2.05, 4.69) is 10.3 Å². The second-order valence-electron chi connectivity index (χ2n) is 3.62. The van der Waals surface area contributed by atoms with E-state index in [1.165, 1.54) is 11.3 Å². The summed E-state index contributed by atoms with van der Waals surface area (Å²) in [4.78, 5) is 4.49. The first kappa shape index (κ1) is 12.8. The van der Waals surface area contributed by atoms with Gasteiger partial charge in [-0.15, -0.1) is 0 Å². The van der Waals surface area contributed by atoms with Gasteiger partial charge in [0.2, 0.25) is 0 Å². The molecular formula is C12H11ClN4S. The zero-order valence-electron chi connectivity index (χ0n) is 9.48. The average molecular weight is 279 g/mol. The zero-order valence-corrected chi connectivity index (χ0v) is 11.1. The number of nitrogens with one attached hydrogen (secondary N) is 1. The minimum atomic E-state index is 0.253. The van der Waals surface area contributed by atoms with Crippen LogP contribution in [0, 0.1) is 11.3 Å². The highest BCUT2D eigenvalue weighted by atomic mass is 35.5. The van der Waals surface area contributed by atoms with Gasteiger partial charge in [0, 0.05) is 13.1 Å². The van der Waals surface area contributed by atoms with Gasteiger partial charge < -0.3 is 11.1 Å². The van der Waals surface area contributed by atoms with E-state index in [9.17, 15) is 0 Å². The van der Waals surface area contributed by atoms with Gasteiger partial charge >= 0.3 is 0 Å². The van der Waals surface area contributed by atoms with Crippen molar-refractivity contribution >= 4 is 28.1 Å². The molecule has 1 heterocycles. The molecule has 6 heteroatoms. The Balaban J connectivity index is 2.00. The molecule has 0 aliphatic heterocycles. The summed E-state index contributed by atoms with van der Waals surface area (Å²) in [5, 5.41) is 12.8. The van der Waals surface area contributed by atoms with Crippen molar-refractivity contribution in [3.63, 3.8) is 0 Å². The van der Waals surface area contributed by atoms with Gasteiger partial charge in [-0.1, -0.05) is 47.2 Å². The molecule has 0 unspecified atom stereocenters. The van der Waals surface area contributed by atoms with E-state index in [4.69, 9.17) is 22.6 Å². The Morgan fingerprint density at radius 3 is 2.56 bits per heavy atom. The zero-order chi connectivity index (χ0) is 13.0. The second kappa shape index (κ2) is 5.83. The van der Waals surface area contributed by atoms with Gasteiger partial charge in [0.25, 0.3) is 0 Å². The van der Waals surface area contributed by atoms with E-state index >= 15 is 0 Å². The number of halogens is 1. The Kier molecular flexibility index (Phi) is 4.15. The van der Waals surface area contributed by atoms with Crippen molar-refractivity contribution in [2.45, 2.75) is 13.1 Å². The first-order valence-electron chi connectivity index (χ1n) is 5.31. The van der Waals surface area contributed by atoms with Gasteiger partial charge in [-0.3, -0.25) is 0 Å². The summed E-state index contributed by atoms with van der Waals surface area (Å²) < 4.78 is 0. The fourth-order valence-corrected chi connectivity index (χ4v) is 2.36. The molecule has 4 nitrogen and oxygen atoms in total. The van der Waals surface area contributed by atoms with Crippen molar-refractivity contribution in [1.82, 2.24) is 4.98 Å². The van der Waals surface area contributed by atoms with Crippen LogP contribution >= 0.6 is 22.9 Å². The summed E-state index contributed by atoms with van der Waals surface area (Å²) in [5.74, 6) is 0. The normalized spacial score (nSPS) is 10.1. The smallest absolute Gasteiger partial charge is 0.185 e. The maximum Gasteiger partial charge on any atom is 0.185 e. The van der Waals surface area contributed by atoms with Crippen LogP contribution in [-0.4, -0.2) is 4.98 Å². The highest BCUT2D eigenvalue weighted by molar-refractivity contribution is 7.16. The third-order valence-electron chi connectivity index (χ3n) is 2.39. The van der Waals surface area contributed by atoms with Gasteiger partial charge in [0.05, 0.1) is 0 Å². The average Bonchev–Trinajstić information content (AvgIpc) is 2.77. The number of thiazole rings is 1. The molecule has 92 valence electrons. The molecule has 18 heavy (non-hydrogen) atoms. The Bertz CT molecular complexity index is 571. The van der Waals surface area contributed by atoms with Crippen LogP contribution < -0.4 is 11.1 Å². The molecule has 2 aromatic rings. The summed E-state index contributed by atoms with van der Waals surface area (Å²) in [5.41, 5.74) is 7.75. The summed E-state index contributed by atoms with van der Waals surface area (Å²) in [6.45, 7) is 1.18. The SMILES string of the molecule is N#Cc1sc(NCc2ccc(CN)cc2)nc1Cl. The van der Waals surface area contributed by atoms with Crippen LogP contribution in [0.25, 0.3) is 0 Å². The molecule has 0 fully saturated rings. The molecule has 0 bridgehead atoms. The quantitative estimate of drug-likeness (QED) is 0.902. The number of nitriles is 1. The van der Waals surface area contributed by atoms with Crippen molar-refractivity contribution in [3.05, 3.63) is 45.4 Å². The number of benzene rings is 1. The number of rotatable bonds is 4. The number of anilines is 1. The van der Waals surface area contributed by atoms with E-state index in [-0.39, 0.29) is 5.15 Å². The second-order valence-corrected chi connectivity index (χ2v) is 4.98. The summed E-state index contributed by atoms with van der Waals surface area (Å²) in [6.07, 6.45) is 0. The third-order valence-corrected chi connectivity index (χ3v) is 3.69. The van der Waals surface area contributed by atoms with Crippen molar-refractivity contribution < 1.29 is 0 Å². The van der Waals surface area contributed by atoms with E-state index in [0.29, 0.717) is 23.1 Å². The lowest BCUT2D eigenvalue weighted by molar-refractivity contribution is 1.06. The van der Waals surface area contributed by atoms with E-state index < -0.39 is 0 Å². The lowest BCUT2D eigenvalue weighted by Crippen LogP contribution is -2.00. The maximum atomic E-state index is 8.77. The predicted molar refractivity (Wildman–Crippen MR) is 73.5 cm³/mol. The Hall–Kier alpha value is -1.61. The van der Waals surface area contributed by atoms with E-state index in [0.717, 1.165) is 11.1 Å². The van der Waals surface area contributed by atoms with Crippen LogP contribution in [0.4, 0.5) is 5.13 Å². The van der Waals surface area contributed by atoms with Crippen LogP contribution in [0.2, 0.25) is 5.15 Å². The molecule has 0 atom stereocenters. The molecule has 0 spiro atoms. The lowest BCUT2D eigenvalue weighted by atomic mass is 10.1. The van der Waals surface area contributed by atoms with Crippen LogP contribution in [-0.2, 0) is 13.1 Å². The number of hydrogen-bond acceptors (Lipinski definition) is 5. The monoisotopic (exact) mass is 278 g/mol. The Morgan fingerprint density at radius 2 is 2.00 bits per heavy atom. The molecule has 1 aromatic heterocycles. The third kappa shape index (κ3) is 2.99. The molecule has 3 N–H and O–H groups in total. The van der Waals surface area contributed by atoms with Crippen LogP contribution in [0.15, 0.2) is 24.3 Å². The van der Waals surface area contributed by atoms with Gasteiger partial charge in [0.15, 0.2) is 10.3 Å². The molecule has 2 rings (SSSR count). The highest BCUT2D eigenvalue weighted by Gasteiger charge is 2.07. The first-order chi connectivity index (χ1) is 8.72. The molecule has 0 aliphatic rings. The maximum absolute atomic E-state index is 8.77. The van der Waals surface area contributed by atoms with Crippen molar-refractivity contribution in [3.8, 4) is 6.07 Å². The number of hydrogen-bond donors (Lipinski definition) is 2. The number of nitrogens with two attached hydrogens (primary N) is 1. The van der Waals surface area contributed by atoms with Gasteiger partial charge in [-0.25, -0.2) is 4.98 Å². The van der Waals surface area contributed by atoms with Gasteiger partial charge in [-0.2, -0.15) is 5.26 Å². The van der Waals surface area contributed by atoms with Gasteiger partial charge in [0.1, 0.15) is 10.9 Å². The minimum Gasteiger partial charge on any atom is -0.357 e. The Morgan fingerprint density at radius 1 is 1.33 bits per heavy atom. The summed E-state index contributed by atoms with van der Waals surface area (Å²) >= 11 is 7.04. The van der Waals surface area contributed by atoms with Gasteiger partial charge in [-0.05, 0) is 11.1 Å². The Labute approximate surface area is 114 Å². The first-order valence-corrected chi connectivity index (χ1v) is 6.50. The van der Waals surface area contributed by atoms with E-state index in [1.54, 1.807) is 0 Å². The summed E-state index contributed by atoms with van der Waals surface area (Å²) in [7, 11) is 0. The molecular weight excluding hydrogens is 268 g/mol. The topological polar surface area (TPSA) is 74.7 Å². The van der Waals surface area contributed by atoms with Crippen LogP contribution in [0.3, 0.4) is 0 Å².